The monoisotopic (exact) mass is 411 g/mol. The SMILES string of the molecule is CCOC(=O)N1CCC(NC(=O)C(=O)Nc2ccc(C)cc2Br)CC1. The van der Waals surface area contributed by atoms with Crippen LogP contribution in [-0.2, 0) is 14.3 Å². The highest BCUT2D eigenvalue weighted by Crippen LogP contribution is 2.23. The van der Waals surface area contributed by atoms with E-state index in [1.807, 2.05) is 19.1 Å². The Bertz CT molecular complexity index is 657. The average molecular weight is 412 g/mol. The number of nitrogens with zero attached hydrogens (tertiary/aromatic N) is 1. The third-order valence-electron chi connectivity index (χ3n) is 3.94. The molecule has 2 N–H and O–H groups in total. The summed E-state index contributed by atoms with van der Waals surface area (Å²) in [6.45, 7) is 5.02. The molecule has 1 fully saturated rings. The van der Waals surface area contributed by atoms with E-state index in [2.05, 4.69) is 26.6 Å². The Morgan fingerprint density at radius 3 is 2.52 bits per heavy atom. The Kier molecular flexibility index (Phi) is 6.81. The number of nitrogens with one attached hydrogen (secondary N) is 2. The molecule has 1 aliphatic rings. The summed E-state index contributed by atoms with van der Waals surface area (Å²) < 4.78 is 5.67. The Morgan fingerprint density at radius 1 is 1.24 bits per heavy atom. The number of likely N-dealkylation sites (tertiary alicyclic amines) is 1. The maximum atomic E-state index is 12.1. The summed E-state index contributed by atoms with van der Waals surface area (Å²) in [6, 6.07) is 5.31. The maximum Gasteiger partial charge on any atom is 0.409 e. The Hall–Kier alpha value is -2.09. The molecular weight excluding hydrogens is 390 g/mol. The molecule has 1 aliphatic heterocycles. The van der Waals surface area contributed by atoms with E-state index in [4.69, 9.17) is 4.74 Å². The summed E-state index contributed by atoms with van der Waals surface area (Å²) >= 11 is 3.36. The maximum absolute atomic E-state index is 12.1. The Balaban J connectivity index is 1.82. The molecular formula is C17H22BrN3O4. The van der Waals surface area contributed by atoms with Crippen LogP contribution in [0, 0.1) is 6.92 Å². The molecule has 0 radical (unpaired) electrons. The molecule has 25 heavy (non-hydrogen) atoms. The van der Waals surface area contributed by atoms with E-state index >= 15 is 0 Å². The lowest BCUT2D eigenvalue weighted by Crippen LogP contribution is -2.49. The van der Waals surface area contributed by atoms with Gasteiger partial charge >= 0.3 is 17.9 Å². The van der Waals surface area contributed by atoms with Crippen LogP contribution in [0.2, 0.25) is 0 Å². The van der Waals surface area contributed by atoms with Gasteiger partial charge in [-0.2, -0.15) is 0 Å². The zero-order chi connectivity index (χ0) is 18.4. The van der Waals surface area contributed by atoms with Crippen LogP contribution in [0.1, 0.15) is 25.3 Å². The van der Waals surface area contributed by atoms with Gasteiger partial charge in [-0.15, -0.1) is 0 Å². The number of carbonyl (C=O) groups excluding carboxylic acids is 3. The van der Waals surface area contributed by atoms with Gasteiger partial charge < -0.3 is 20.3 Å². The Morgan fingerprint density at radius 2 is 1.92 bits per heavy atom. The number of carbonyl (C=O) groups is 3. The van der Waals surface area contributed by atoms with Gasteiger partial charge in [0, 0.05) is 23.6 Å². The summed E-state index contributed by atoms with van der Waals surface area (Å²) in [4.78, 5) is 37.4. The molecule has 0 bridgehead atoms. The number of hydrogen-bond donors (Lipinski definition) is 2. The first-order chi connectivity index (χ1) is 11.9. The number of ether oxygens (including phenoxy) is 1. The molecule has 0 aromatic heterocycles. The van der Waals surface area contributed by atoms with E-state index in [0.29, 0.717) is 38.2 Å². The first-order valence-electron chi connectivity index (χ1n) is 8.20. The average Bonchev–Trinajstić information content (AvgIpc) is 2.58. The van der Waals surface area contributed by atoms with Crippen LogP contribution >= 0.6 is 15.9 Å². The lowest BCUT2D eigenvalue weighted by Gasteiger charge is -2.31. The highest BCUT2D eigenvalue weighted by Gasteiger charge is 2.26. The van der Waals surface area contributed by atoms with E-state index in [-0.39, 0.29) is 12.1 Å². The van der Waals surface area contributed by atoms with Crippen molar-refractivity contribution in [3.05, 3.63) is 28.2 Å². The summed E-state index contributed by atoms with van der Waals surface area (Å²) in [5.74, 6) is -1.39. The minimum atomic E-state index is -0.711. The van der Waals surface area contributed by atoms with Gasteiger partial charge in [-0.1, -0.05) is 6.07 Å². The summed E-state index contributed by atoms with van der Waals surface area (Å²) in [7, 11) is 0. The van der Waals surface area contributed by atoms with Crippen LogP contribution < -0.4 is 10.6 Å². The molecule has 136 valence electrons. The minimum Gasteiger partial charge on any atom is -0.450 e. The zero-order valence-corrected chi connectivity index (χ0v) is 15.9. The van der Waals surface area contributed by atoms with Crippen molar-refractivity contribution < 1.29 is 19.1 Å². The number of benzene rings is 1. The van der Waals surface area contributed by atoms with Crippen LogP contribution in [-0.4, -0.2) is 48.5 Å². The number of halogens is 1. The van der Waals surface area contributed by atoms with E-state index in [1.54, 1.807) is 17.9 Å². The van der Waals surface area contributed by atoms with Crippen molar-refractivity contribution in [2.24, 2.45) is 0 Å². The molecule has 1 aromatic carbocycles. The van der Waals surface area contributed by atoms with Gasteiger partial charge in [-0.3, -0.25) is 9.59 Å². The number of aryl methyl sites for hydroxylation is 1. The Labute approximate surface area is 155 Å². The molecule has 0 saturated carbocycles. The van der Waals surface area contributed by atoms with Crippen LogP contribution in [0.15, 0.2) is 22.7 Å². The standard InChI is InChI=1S/C17H22BrN3O4/c1-3-25-17(24)21-8-6-12(7-9-21)19-15(22)16(23)20-14-5-4-11(2)10-13(14)18/h4-5,10,12H,3,6-9H2,1-2H3,(H,19,22)(H,20,23). The smallest absolute Gasteiger partial charge is 0.409 e. The van der Waals surface area contributed by atoms with Crippen molar-refractivity contribution in [3.63, 3.8) is 0 Å². The van der Waals surface area contributed by atoms with Gasteiger partial charge in [0.15, 0.2) is 0 Å². The predicted octanol–water partition coefficient (Wildman–Crippen LogP) is 2.43. The topological polar surface area (TPSA) is 87.7 Å². The fraction of sp³-hybridized carbons (Fsp3) is 0.471. The van der Waals surface area contributed by atoms with Crippen LogP contribution in [0.4, 0.5) is 10.5 Å². The summed E-state index contributed by atoms with van der Waals surface area (Å²) in [5.41, 5.74) is 1.59. The van der Waals surface area contributed by atoms with E-state index < -0.39 is 11.8 Å². The number of amides is 3. The summed E-state index contributed by atoms with van der Waals surface area (Å²) in [6.07, 6.45) is 0.840. The molecule has 0 spiro atoms. The fourth-order valence-corrected chi connectivity index (χ4v) is 3.17. The molecule has 3 amide bonds. The predicted molar refractivity (Wildman–Crippen MR) is 97.3 cm³/mol. The van der Waals surface area contributed by atoms with E-state index in [9.17, 15) is 14.4 Å². The largest absolute Gasteiger partial charge is 0.450 e. The van der Waals surface area contributed by atoms with Crippen molar-refractivity contribution >= 4 is 39.5 Å². The minimum absolute atomic E-state index is 0.134. The van der Waals surface area contributed by atoms with Gasteiger partial charge in [0.05, 0.1) is 12.3 Å². The number of anilines is 1. The van der Waals surface area contributed by atoms with E-state index in [0.717, 1.165) is 10.0 Å². The first-order valence-corrected chi connectivity index (χ1v) is 8.99. The molecule has 0 unspecified atom stereocenters. The van der Waals surface area contributed by atoms with Gasteiger partial charge in [0.25, 0.3) is 0 Å². The van der Waals surface area contributed by atoms with Gasteiger partial charge in [-0.25, -0.2) is 4.79 Å². The molecule has 1 saturated heterocycles. The first kappa shape index (κ1) is 19.2. The third-order valence-corrected chi connectivity index (χ3v) is 4.59. The van der Waals surface area contributed by atoms with Crippen LogP contribution in [0.3, 0.4) is 0 Å². The van der Waals surface area contributed by atoms with Crippen molar-refractivity contribution in [2.45, 2.75) is 32.7 Å². The molecule has 2 rings (SSSR count). The molecule has 1 heterocycles. The third kappa shape index (κ3) is 5.45. The number of hydrogen-bond acceptors (Lipinski definition) is 4. The number of rotatable bonds is 3. The zero-order valence-electron chi connectivity index (χ0n) is 14.3. The van der Waals surface area contributed by atoms with Crippen LogP contribution in [0.5, 0.6) is 0 Å². The second-order valence-electron chi connectivity index (χ2n) is 5.87. The normalized spacial score (nSPS) is 14.8. The molecule has 0 aliphatic carbocycles. The molecule has 0 atom stereocenters. The quantitative estimate of drug-likeness (QED) is 0.747. The van der Waals surface area contributed by atoms with Crippen molar-refractivity contribution in [1.82, 2.24) is 10.2 Å². The lowest BCUT2D eigenvalue weighted by atomic mass is 10.1. The van der Waals surface area contributed by atoms with Gasteiger partial charge in [0.1, 0.15) is 0 Å². The van der Waals surface area contributed by atoms with Gasteiger partial charge in [0.2, 0.25) is 0 Å². The highest BCUT2D eigenvalue weighted by molar-refractivity contribution is 9.10. The highest BCUT2D eigenvalue weighted by atomic mass is 79.9. The second kappa shape index (κ2) is 8.84. The number of piperidine rings is 1. The van der Waals surface area contributed by atoms with Crippen LogP contribution in [0.25, 0.3) is 0 Å². The molecule has 8 heteroatoms. The summed E-state index contributed by atoms with van der Waals surface area (Å²) in [5, 5.41) is 5.30. The lowest BCUT2D eigenvalue weighted by molar-refractivity contribution is -0.136. The fourth-order valence-electron chi connectivity index (χ4n) is 2.57. The van der Waals surface area contributed by atoms with Crippen molar-refractivity contribution in [2.75, 3.05) is 25.0 Å². The second-order valence-corrected chi connectivity index (χ2v) is 6.73. The van der Waals surface area contributed by atoms with Crippen molar-refractivity contribution in [1.29, 1.82) is 0 Å². The van der Waals surface area contributed by atoms with Crippen molar-refractivity contribution in [3.8, 4) is 0 Å². The molecule has 7 nitrogen and oxygen atoms in total. The molecule has 1 aromatic rings. The van der Waals surface area contributed by atoms with Gasteiger partial charge in [-0.05, 0) is 60.3 Å². The van der Waals surface area contributed by atoms with E-state index in [1.165, 1.54) is 0 Å².